The summed E-state index contributed by atoms with van der Waals surface area (Å²) >= 11 is 11.9. The lowest BCUT2D eigenvalue weighted by Crippen LogP contribution is -2.39. The van der Waals surface area contributed by atoms with E-state index in [0.717, 1.165) is 12.8 Å². The second kappa shape index (κ2) is 5.66. The molecule has 1 N–H and O–H groups in total. The van der Waals surface area contributed by atoms with Gasteiger partial charge in [0.25, 0.3) is 5.91 Å². The minimum absolute atomic E-state index is 0.122. The number of aromatic nitrogens is 1. The van der Waals surface area contributed by atoms with Crippen molar-refractivity contribution < 1.29 is 14.7 Å². The Bertz CT molecular complexity index is 552. The third-order valence-electron chi connectivity index (χ3n) is 3.48. The Morgan fingerprint density at radius 2 is 2.10 bits per heavy atom. The largest absolute Gasteiger partial charge is 0.481 e. The minimum atomic E-state index is -0.911. The van der Waals surface area contributed by atoms with Crippen LogP contribution in [0.15, 0.2) is 6.07 Å². The summed E-state index contributed by atoms with van der Waals surface area (Å²) in [6.07, 6.45) is 1.81. The van der Waals surface area contributed by atoms with E-state index in [1.54, 1.807) is 18.9 Å². The highest BCUT2D eigenvalue weighted by molar-refractivity contribution is 6.41. The van der Waals surface area contributed by atoms with Crippen LogP contribution in [0, 0.1) is 5.92 Å². The van der Waals surface area contributed by atoms with E-state index in [1.807, 2.05) is 0 Å². The molecule has 0 bridgehead atoms. The maximum atomic E-state index is 12.6. The van der Waals surface area contributed by atoms with E-state index in [9.17, 15) is 9.59 Å². The fourth-order valence-electron chi connectivity index (χ4n) is 2.05. The highest BCUT2D eigenvalue weighted by Gasteiger charge is 2.36. The second-order valence-corrected chi connectivity index (χ2v) is 5.92. The average molecular weight is 319 g/mol. The van der Waals surface area contributed by atoms with Crippen LogP contribution < -0.4 is 0 Å². The molecule has 0 spiro atoms. The molecule has 0 aromatic carbocycles. The molecular formula is C13H16Cl2N2O3. The molecule has 0 radical (unpaired) electrons. The van der Waals surface area contributed by atoms with Crippen LogP contribution >= 0.6 is 23.2 Å². The van der Waals surface area contributed by atoms with E-state index in [2.05, 4.69) is 0 Å². The zero-order valence-electron chi connectivity index (χ0n) is 11.3. The van der Waals surface area contributed by atoms with Crippen molar-refractivity contribution in [3.8, 4) is 0 Å². The lowest BCUT2D eigenvalue weighted by atomic mass is 10.1. The quantitative estimate of drug-likeness (QED) is 0.907. The molecule has 1 aliphatic rings. The van der Waals surface area contributed by atoms with E-state index in [1.165, 1.54) is 10.6 Å². The third kappa shape index (κ3) is 2.94. The number of carboxylic acids is 1. The van der Waals surface area contributed by atoms with E-state index in [-0.39, 0.29) is 18.5 Å². The number of nitrogens with zero attached hydrogens (tertiary/aromatic N) is 2. The monoisotopic (exact) mass is 318 g/mol. The molecule has 1 unspecified atom stereocenters. The summed E-state index contributed by atoms with van der Waals surface area (Å²) in [5.41, 5.74) is 0.379. The van der Waals surface area contributed by atoms with Gasteiger partial charge in [0.1, 0.15) is 10.8 Å². The number of hydrogen-bond donors (Lipinski definition) is 1. The standard InChI is InChI=1S/C13H16Cl2N2O3/c1-7(13(19)20)6-17(8-3-4-8)12(18)10-5-9(14)11(15)16(10)2/h5,7-8H,3-4,6H2,1-2H3,(H,19,20). The van der Waals surface area contributed by atoms with Crippen LogP contribution in [0.1, 0.15) is 30.3 Å². The first kappa shape index (κ1) is 15.2. The molecule has 1 aromatic rings. The molecule has 1 atom stereocenters. The van der Waals surface area contributed by atoms with Gasteiger partial charge in [0.05, 0.1) is 10.9 Å². The van der Waals surface area contributed by atoms with Crippen molar-refractivity contribution in [2.75, 3.05) is 6.54 Å². The van der Waals surface area contributed by atoms with Crippen molar-refractivity contribution in [2.24, 2.45) is 13.0 Å². The Morgan fingerprint density at radius 1 is 1.50 bits per heavy atom. The van der Waals surface area contributed by atoms with Crippen molar-refractivity contribution in [1.29, 1.82) is 0 Å². The van der Waals surface area contributed by atoms with Crippen LogP contribution in [0.25, 0.3) is 0 Å². The lowest BCUT2D eigenvalue weighted by molar-refractivity contribution is -0.141. The summed E-state index contributed by atoms with van der Waals surface area (Å²) in [6.45, 7) is 1.79. The summed E-state index contributed by atoms with van der Waals surface area (Å²) in [4.78, 5) is 25.2. The molecule has 1 amide bonds. The SMILES string of the molecule is CC(CN(C(=O)c1cc(Cl)c(Cl)n1C)C1CC1)C(=O)O. The van der Waals surface area contributed by atoms with Gasteiger partial charge in [-0.15, -0.1) is 0 Å². The third-order valence-corrected chi connectivity index (χ3v) is 4.32. The van der Waals surface area contributed by atoms with Gasteiger partial charge < -0.3 is 14.6 Å². The molecule has 1 aliphatic carbocycles. The van der Waals surface area contributed by atoms with Gasteiger partial charge in [-0.05, 0) is 18.9 Å². The predicted octanol–water partition coefficient (Wildman–Crippen LogP) is 2.66. The van der Waals surface area contributed by atoms with E-state index >= 15 is 0 Å². The van der Waals surface area contributed by atoms with Crippen LogP contribution in [0.3, 0.4) is 0 Å². The molecule has 0 saturated heterocycles. The molecule has 0 aliphatic heterocycles. The van der Waals surface area contributed by atoms with E-state index < -0.39 is 11.9 Å². The zero-order valence-corrected chi connectivity index (χ0v) is 12.8. The fourth-order valence-corrected chi connectivity index (χ4v) is 2.43. The number of carboxylic acid groups (broad SMARTS) is 1. The maximum absolute atomic E-state index is 12.6. The van der Waals surface area contributed by atoms with Gasteiger partial charge in [-0.25, -0.2) is 0 Å². The molecule has 1 fully saturated rings. The Hall–Kier alpha value is -1.20. The molecule has 1 saturated carbocycles. The number of rotatable bonds is 5. The fraction of sp³-hybridized carbons (Fsp3) is 0.538. The summed E-state index contributed by atoms with van der Waals surface area (Å²) < 4.78 is 1.52. The van der Waals surface area contributed by atoms with Gasteiger partial charge in [0.2, 0.25) is 0 Å². The Balaban J connectivity index is 2.23. The zero-order chi connectivity index (χ0) is 15.0. The van der Waals surface area contributed by atoms with Gasteiger partial charge >= 0.3 is 5.97 Å². The van der Waals surface area contributed by atoms with Crippen molar-refractivity contribution in [2.45, 2.75) is 25.8 Å². The van der Waals surface area contributed by atoms with Gasteiger partial charge in [0.15, 0.2) is 0 Å². The number of hydrogen-bond acceptors (Lipinski definition) is 2. The van der Waals surface area contributed by atoms with Crippen molar-refractivity contribution in [3.63, 3.8) is 0 Å². The van der Waals surface area contributed by atoms with Crippen molar-refractivity contribution in [1.82, 2.24) is 9.47 Å². The van der Waals surface area contributed by atoms with E-state index in [4.69, 9.17) is 28.3 Å². The molecule has 1 aromatic heterocycles. The summed E-state index contributed by atoms with van der Waals surface area (Å²) in [7, 11) is 1.66. The minimum Gasteiger partial charge on any atom is -0.481 e. The van der Waals surface area contributed by atoms with Crippen LogP contribution in [0.2, 0.25) is 10.2 Å². The second-order valence-electron chi connectivity index (χ2n) is 5.16. The van der Waals surface area contributed by atoms with E-state index in [0.29, 0.717) is 15.9 Å². The first-order chi connectivity index (χ1) is 9.32. The number of amides is 1. The van der Waals surface area contributed by atoms with Crippen molar-refractivity contribution >= 4 is 35.1 Å². The van der Waals surface area contributed by atoms with Gasteiger partial charge in [-0.2, -0.15) is 0 Å². The molecule has 110 valence electrons. The Labute approximate surface area is 127 Å². The molecule has 2 rings (SSSR count). The van der Waals surface area contributed by atoms with Crippen molar-refractivity contribution in [3.05, 3.63) is 21.9 Å². The smallest absolute Gasteiger partial charge is 0.308 e. The number of aliphatic carboxylic acids is 1. The van der Waals surface area contributed by atoms with Crippen LogP contribution in [-0.4, -0.2) is 39.0 Å². The molecule has 7 heteroatoms. The molecule has 5 nitrogen and oxygen atoms in total. The van der Waals surface area contributed by atoms with Gasteiger partial charge in [-0.3, -0.25) is 9.59 Å². The van der Waals surface area contributed by atoms with Gasteiger partial charge in [0, 0.05) is 19.6 Å². The predicted molar refractivity (Wildman–Crippen MR) is 76.3 cm³/mol. The topological polar surface area (TPSA) is 62.5 Å². The summed E-state index contributed by atoms with van der Waals surface area (Å²) in [5.74, 6) is -1.74. The summed E-state index contributed by atoms with van der Waals surface area (Å²) in [5, 5.41) is 9.62. The Morgan fingerprint density at radius 3 is 2.50 bits per heavy atom. The van der Waals surface area contributed by atoms with Gasteiger partial charge in [-0.1, -0.05) is 30.1 Å². The number of halogens is 2. The summed E-state index contributed by atoms with van der Waals surface area (Å²) in [6, 6.07) is 1.64. The van der Waals surface area contributed by atoms with Crippen LogP contribution in [0.4, 0.5) is 0 Å². The molecular weight excluding hydrogens is 303 g/mol. The number of carbonyl (C=O) groups is 2. The first-order valence-corrected chi connectivity index (χ1v) is 7.13. The Kier molecular flexibility index (Phi) is 4.30. The highest BCUT2D eigenvalue weighted by Crippen LogP contribution is 2.31. The highest BCUT2D eigenvalue weighted by atomic mass is 35.5. The lowest BCUT2D eigenvalue weighted by Gasteiger charge is -2.24. The first-order valence-electron chi connectivity index (χ1n) is 6.37. The number of carbonyl (C=O) groups excluding carboxylic acids is 1. The molecule has 20 heavy (non-hydrogen) atoms. The normalized spacial score (nSPS) is 16.0. The van der Waals surface area contributed by atoms with Crippen LogP contribution in [-0.2, 0) is 11.8 Å². The average Bonchev–Trinajstić information content (AvgIpc) is 3.19. The van der Waals surface area contributed by atoms with Crippen LogP contribution in [0.5, 0.6) is 0 Å². The maximum Gasteiger partial charge on any atom is 0.308 e. The molecule has 1 heterocycles.